The number of ether oxygens (including phenoxy) is 2. The van der Waals surface area contributed by atoms with Gasteiger partial charge in [-0.15, -0.1) is 0 Å². The van der Waals surface area contributed by atoms with Crippen LogP contribution in [0.25, 0.3) is 0 Å². The Bertz CT molecular complexity index is 1030. The summed E-state index contributed by atoms with van der Waals surface area (Å²) in [6.07, 6.45) is 0.836. The number of nitrogen functional groups attached to an aromatic ring is 1. The molecule has 2 aromatic rings. The number of aromatic nitrogens is 2. The van der Waals surface area contributed by atoms with Crippen molar-refractivity contribution in [2.45, 2.75) is 63.2 Å². The third-order valence-corrected chi connectivity index (χ3v) is 5.31. The molecule has 3 rings (SSSR count). The lowest BCUT2D eigenvalue weighted by Gasteiger charge is -2.19. The van der Waals surface area contributed by atoms with Gasteiger partial charge >= 0.3 is 11.7 Å². The Hall–Kier alpha value is -3.34. The molecule has 2 atom stereocenters. The topological polar surface area (TPSA) is 126 Å². The number of unbranched alkanes of at least 4 members (excludes halogenated alkanes) is 3. The van der Waals surface area contributed by atoms with Crippen LogP contribution < -0.4 is 16.7 Å². The molecule has 0 aliphatic carbocycles. The molecule has 1 aromatic carbocycles. The van der Waals surface area contributed by atoms with Gasteiger partial charge in [0, 0.05) is 31.1 Å². The van der Waals surface area contributed by atoms with E-state index in [0.29, 0.717) is 23.8 Å². The van der Waals surface area contributed by atoms with Gasteiger partial charge in [0.05, 0.1) is 0 Å². The largest absolute Gasteiger partial charge is 0.463 e. The number of nitrogens with two attached hydrogens (primary N) is 1. The normalized spacial score (nSPS) is 19.0. The Kier molecular flexibility index (Phi) is 8.69. The maximum absolute atomic E-state index is 14.3. The molecular formula is C23H28F2N4O5. The molecule has 3 N–H and O–H groups in total. The predicted octanol–water partition coefficient (Wildman–Crippen LogP) is 3.27. The molecule has 9 nitrogen and oxygen atoms in total. The number of halogens is 2. The summed E-state index contributed by atoms with van der Waals surface area (Å²) in [5.74, 6) is -3.98. The van der Waals surface area contributed by atoms with E-state index in [4.69, 9.17) is 15.2 Å². The fourth-order valence-electron chi connectivity index (χ4n) is 3.62. The van der Waals surface area contributed by atoms with E-state index in [9.17, 15) is 23.2 Å². The number of carbonyl (C=O) groups excluding carboxylic acids is 2. The highest BCUT2D eigenvalue weighted by Gasteiger charge is 2.52. The summed E-state index contributed by atoms with van der Waals surface area (Å²) in [5.41, 5.74) is 5.19. The third-order valence-electron chi connectivity index (χ3n) is 5.31. The van der Waals surface area contributed by atoms with Crippen molar-refractivity contribution >= 4 is 23.4 Å². The Labute approximate surface area is 195 Å². The second-order valence-electron chi connectivity index (χ2n) is 8.13. The van der Waals surface area contributed by atoms with Crippen molar-refractivity contribution in [2.24, 2.45) is 0 Å². The number of anilines is 2. The number of hydrogen-bond donors (Lipinski definition) is 2. The van der Waals surface area contributed by atoms with Gasteiger partial charge in [0.1, 0.15) is 18.5 Å². The zero-order valence-electron chi connectivity index (χ0n) is 18.6. The smallest absolute Gasteiger partial charge is 0.351 e. The van der Waals surface area contributed by atoms with Crippen LogP contribution in [-0.4, -0.2) is 40.1 Å². The van der Waals surface area contributed by atoms with Gasteiger partial charge in [0.25, 0.3) is 5.92 Å². The number of rotatable bonds is 11. The first-order chi connectivity index (χ1) is 16.2. The molecule has 1 fully saturated rings. The van der Waals surface area contributed by atoms with Crippen LogP contribution in [0.15, 0.2) is 47.4 Å². The molecule has 0 spiro atoms. The van der Waals surface area contributed by atoms with E-state index < -0.39 is 36.3 Å². The minimum absolute atomic E-state index is 0.0608. The Morgan fingerprint density at radius 1 is 1.15 bits per heavy atom. The first kappa shape index (κ1) is 25.3. The van der Waals surface area contributed by atoms with Gasteiger partial charge < -0.3 is 20.5 Å². The Morgan fingerprint density at radius 2 is 1.85 bits per heavy atom. The molecule has 1 aliphatic rings. The second-order valence-corrected chi connectivity index (χ2v) is 8.13. The maximum atomic E-state index is 14.3. The fourth-order valence-corrected chi connectivity index (χ4v) is 3.62. The fraction of sp³-hybridized carbons (Fsp3) is 0.478. The van der Waals surface area contributed by atoms with Crippen LogP contribution in [0.5, 0.6) is 0 Å². The monoisotopic (exact) mass is 478 g/mol. The Balaban J connectivity index is 1.30. The molecule has 1 amide bonds. The van der Waals surface area contributed by atoms with Crippen molar-refractivity contribution in [2.75, 3.05) is 17.7 Å². The lowest BCUT2D eigenvalue weighted by molar-refractivity contribution is -0.150. The molecule has 0 bridgehead atoms. The summed E-state index contributed by atoms with van der Waals surface area (Å²) in [4.78, 5) is 39.1. The summed E-state index contributed by atoms with van der Waals surface area (Å²) in [6.45, 7) is -0.332. The number of hydrogen-bond acceptors (Lipinski definition) is 7. The van der Waals surface area contributed by atoms with Crippen LogP contribution in [0.4, 0.5) is 20.3 Å². The highest BCUT2D eigenvalue weighted by Crippen LogP contribution is 2.41. The number of carbonyl (C=O) groups is 2. The van der Waals surface area contributed by atoms with Crippen LogP contribution in [0.1, 0.15) is 51.2 Å². The van der Waals surface area contributed by atoms with Gasteiger partial charge in [-0.3, -0.25) is 14.2 Å². The minimum atomic E-state index is -3.33. The molecule has 2 heterocycles. The molecule has 1 aromatic heterocycles. The average Bonchev–Trinajstić information content (AvgIpc) is 3.09. The lowest BCUT2D eigenvalue weighted by Crippen LogP contribution is -2.35. The quantitative estimate of drug-likeness (QED) is 0.375. The van der Waals surface area contributed by atoms with E-state index in [1.807, 2.05) is 30.3 Å². The van der Waals surface area contributed by atoms with E-state index in [1.165, 1.54) is 6.07 Å². The molecule has 0 radical (unpaired) electrons. The van der Waals surface area contributed by atoms with Crippen molar-refractivity contribution < 1.29 is 27.8 Å². The van der Waals surface area contributed by atoms with Crippen LogP contribution in [0.3, 0.4) is 0 Å². The first-order valence-electron chi connectivity index (χ1n) is 11.1. The predicted molar refractivity (Wildman–Crippen MR) is 120 cm³/mol. The van der Waals surface area contributed by atoms with Gasteiger partial charge in [0.15, 0.2) is 0 Å². The van der Waals surface area contributed by atoms with E-state index in [2.05, 4.69) is 10.3 Å². The number of alkyl halides is 2. The van der Waals surface area contributed by atoms with Gasteiger partial charge in [-0.25, -0.2) is 13.6 Å². The second kappa shape index (κ2) is 11.7. The minimum Gasteiger partial charge on any atom is -0.463 e. The highest BCUT2D eigenvalue weighted by molar-refractivity contribution is 5.90. The number of amides is 1. The summed E-state index contributed by atoms with van der Waals surface area (Å²) >= 11 is 0. The average molecular weight is 478 g/mol. The third kappa shape index (κ3) is 7.34. The SMILES string of the molecule is Nc1ccn([C@@H]2O[C@H](COC(=O)CCCCCCC(=O)Nc3ccccc3)CC2(F)F)c(=O)n1. The van der Waals surface area contributed by atoms with Gasteiger partial charge in [0.2, 0.25) is 12.1 Å². The van der Waals surface area contributed by atoms with Crippen molar-refractivity contribution in [3.63, 3.8) is 0 Å². The number of nitrogens with one attached hydrogen (secondary N) is 1. The number of para-hydroxylation sites is 1. The van der Waals surface area contributed by atoms with E-state index in [1.54, 1.807) is 0 Å². The molecule has 11 heteroatoms. The maximum Gasteiger partial charge on any atom is 0.351 e. The molecule has 34 heavy (non-hydrogen) atoms. The van der Waals surface area contributed by atoms with Crippen LogP contribution in [0.2, 0.25) is 0 Å². The lowest BCUT2D eigenvalue weighted by atomic mass is 10.1. The van der Waals surface area contributed by atoms with Crippen LogP contribution in [-0.2, 0) is 19.1 Å². The van der Waals surface area contributed by atoms with Gasteiger partial charge in [-0.1, -0.05) is 31.0 Å². The van der Waals surface area contributed by atoms with Crippen molar-refractivity contribution in [3.8, 4) is 0 Å². The van der Waals surface area contributed by atoms with E-state index in [0.717, 1.165) is 24.7 Å². The molecule has 184 valence electrons. The number of nitrogens with zero attached hydrogens (tertiary/aromatic N) is 2. The van der Waals surface area contributed by atoms with Crippen molar-refractivity contribution in [3.05, 3.63) is 53.1 Å². The molecule has 1 saturated heterocycles. The zero-order chi connectivity index (χ0) is 24.6. The van der Waals surface area contributed by atoms with E-state index >= 15 is 0 Å². The van der Waals surface area contributed by atoms with Crippen LogP contribution >= 0.6 is 0 Å². The highest BCUT2D eigenvalue weighted by atomic mass is 19.3. The standard InChI is InChI=1S/C23H28F2N4O5/c24-23(25)14-17(34-21(23)29-13-12-18(26)28-22(29)32)15-33-20(31)11-7-2-1-6-10-19(30)27-16-8-4-3-5-9-16/h3-5,8-9,12-13,17,21H,1-2,6-7,10-11,14-15H2,(H,27,30)(H2,26,28,32)/t17-,21+/m0/s1. The summed E-state index contributed by atoms with van der Waals surface area (Å²) < 4.78 is 39.7. The molecular weight excluding hydrogens is 450 g/mol. The van der Waals surface area contributed by atoms with E-state index in [-0.39, 0.29) is 24.8 Å². The summed E-state index contributed by atoms with van der Waals surface area (Å²) in [5, 5.41) is 2.81. The summed E-state index contributed by atoms with van der Waals surface area (Å²) in [7, 11) is 0. The number of esters is 1. The Morgan fingerprint density at radius 3 is 2.56 bits per heavy atom. The van der Waals surface area contributed by atoms with Crippen molar-refractivity contribution in [1.29, 1.82) is 0 Å². The zero-order valence-corrected chi connectivity index (χ0v) is 18.6. The van der Waals surface area contributed by atoms with Crippen molar-refractivity contribution in [1.82, 2.24) is 9.55 Å². The van der Waals surface area contributed by atoms with Crippen LogP contribution in [0, 0.1) is 0 Å². The number of benzene rings is 1. The molecule has 1 aliphatic heterocycles. The first-order valence-corrected chi connectivity index (χ1v) is 11.1. The molecule has 0 unspecified atom stereocenters. The van der Waals surface area contributed by atoms with Gasteiger partial charge in [-0.2, -0.15) is 4.98 Å². The van der Waals surface area contributed by atoms with Gasteiger partial charge in [-0.05, 0) is 31.0 Å². The molecule has 0 saturated carbocycles. The summed E-state index contributed by atoms with van der Waals surface area (Å²) in [6, 6.07) is 10.4.